The summed E-state index contributed by atoms with van der Waals surface area (Å²) in [6.07, 6.45) is 1.55. The Morgan fingerprint density at radius 2 is 1.79 bits per heavy atom. The fourth-order valence-electron chi connectivity index (χ4n) is 2.41. The van der Waals surface area contributed by atoms with Crippen molar-refractivity contribution < 1.29 is 4.79 Å². The molecule has 0 aliphatic rings. The van der Waals surface area contributed by atoms with E-state index in [1.165, 1.54) is 11.1 Å². The third kappa shape index (κ3) is 7.02. The summed E-state index contributed by atoms with van der Waals surface area (Å²) in [7, 11) is 5.27. The lowest BCUT2D eigenvalue weighted by atomic mass is 10.00. The standard InChI is InChI=1S/C19H32N4O/c1-14(2)13-16-7-9-17(10-8-16)15(3)22-19(20-4)21-12-11-18(24)23(5)6/h7-10,14-15H,11-13H2,1-6H3,(H2,20,21,22). The Kier molecular flexibility index (Phi) is 8.30. The minimum absolute atomic E-state index is 0.103. The molecule has 0 saturated heterocycles. The maximum Gasteiger partial charge on any atom is 0.223 e. The molecule has 5 nitrogen and oxygen atoms in total. The van der Waals surface area contributed by atoms with E-state index in [9.17, 15) is 4.79 Å². The first-order valence-electron chi connectivity index (χ1n) is 8.59. The van der Waals surface area contributed by atoms with Crippen molar-refractivity contribution in [2.45, 2.75) is 39.7 Å². The Morgan fingerprint density at radius 3 is 2.29 bits per heavy atom. The van der Waals surface area contributed by atoms with Gasteiger partial charge in [0, 0.05) is 34.1 Å². The van der Waals surface area contributed by atoms with Crippen molar-refractivity contribution in [3.05, 3.63) is 35.4 Å². The van der Waals surface area contributed by atoms with Crippen molar-refractivity contribution in [3.8, 4) is 0 Å². The van der Waals surface area contributed by atoms with Crippen LogP contribution in [-0.2, 0) is 11.2 Å². The van der Waals surface area contributed by atoms with E-state index < -0.39 is 0 Å². The number of carbonyl (C=O) groups excluding carboxylic acids is 1. The predicted molar refractivity (Wildman–Crippen MR) is 101 cm³/mol. The van der Waals surface area contributed by atoms with Crippen molar-refractivity contribution in [1.29, 1.82) is 0 Å². The Balaban J connectivity index is 2.52. The van der Waals surface area contributed by atoms with Gasteiger partial charge in [0.05, 0.1) is 6.04 Å². The van der Waals surface area contributed by atoms with Gasteiger partial charge >= 0.3 is 0 Å². The van der Waals surface area contributed by atoms with E-state index in [4.69, 9.17) is 0 Å². The third-order valence-corrected chi connectivity index (χ3v) is 3.83. The summed E-state index contributed by atoms with van der Waals surface area (Å²) >= 11 is 0. The minimum atomic E-state index is 0.103. The third-order valence-electron chi connectivity index (χ3n) is 3.83. The van der Waals surface area contributed by atoms with Crippen molar-refractivity contribution >= 4 is 11.9 Å². The maximum absolute atomic E-state index is 11.6. The molecule has 0 bridgehead atoms. The molecule has 1 atom stereocenters. The summed E-state index contributed by atoms with van der Waals surface area (Å²) in [5, 5.41) is 6.54. The second kappa shape index (κ2) is 9.96. The van der Waals surface area contributed by atoms with Crippen molar-refractivity contribution in [2.24, 2.45) is 10.9 Å². The van der Waals surface area contributed by atoms with Gasteiger partial charge in [-0.15, -0.1) is 0 Å². The normalized spacial score (nSPS) is 12.9. The quantitative estimate of drug-likeness (QED) is 0.596. The lowest BCUT2D eigenvalue weighted by Crippen LogP contribution is -2.40. The monoisotopic (exact) mass is 332 g/mol. The highest BCUT2D eigenvalue weighted by molar-refractivity contribution is 5.81. The summed E-state index contributed by atoms with van der Waals surface area (Å²) in [6, 6.07) is 8.86. The summed E-state index contributed by atoms with van der Waals surface area (Å²) in [5.41, 5.74) is 2.58. The van der Waals surface area contributed by atoms with Gasteiger partial charge in [0.1, 0.15) is 0 Å². The zero-order chi connectivity index (χ0) is 18.1. The molecule has 1 aromatic carbocycles. The second-order valence-corrected chi connectivity index (χ2v) is 6.74. The number of carbonyl (C=O) groups is 1. The van der Waals surface area contributed by atoms with Crippen LogP contribution in [0.3, 0.4) is 0 Å². The first kappa shape index (κ1) is 20.0. The fourth-order valence-corrected chi connectivity index (χ4v) is 2.41. The topological polar surface area (TPSA) is 56.7 Å². The van der Waals surface area contributed by atoms with Crippen LogP contribution in [0, 0.1) is 5.92 Å². The molecule has 24 heavy (non-hydrogen) atoms. The molecule has 0 aliphatic carbocycles. The van der Waals surface area contributed by atoms with Crippen molar-refractivity contribution in [1.82, 2.24) is 15.5 Å². The average molecular weight is 332 g/mol. The van der Waals surface area contributed by atoms with Crippen LogP contribution in [0.1, 0.15) is 44.4 Å². The summed E-state index contributed by atoms with van der Waals surface area (Å²) in [5.74, 6) is 1.48. The Hall–Kier alpha value is -2.04. The number of hydrogen-bond donors (Lipinski definition) is 2. The first-order valence-corrected chi connectivity index (χ1v) is 8.59. The smallest absolute Gasteiger partial charge is 0.223 e. The zero-order valence-electron chi connectivity index (χ0n) is 15.9. The van der Waals surface area contributed by atoms with Crippen LogP contribution in [0.15, 0.2) is 29.3 Å². The Morgan fingerprint density at radius 1 is 1.17 bits per heavy atom. The highest BCUT2D eigenvalue weighted by Gasteiger charge is 2.09. The van der Waals surface area contributed by atoms with Gasteiger partial charge in [0.15, 0.2) is 5.96 Å². The highest BCUT2D eigenvalue weighted by Crippen LogP contribution is 2.15. The summed E-state index contributed by atoms with van der Waals surface area (Å²) in [6.45, 7) is 7.13. The van der Waals surface area contributed by atoms with Crippen LogP contribution >= 0.6 is 0 Å². The molecule has 0 fully saturated rings. The van der Waals surface area contributed by atoms with Gasteiger partial charge in [0.2, 0.25) is 5.91 Å². The Labute approximate surface area is 146 Å². The lowest BCUT2D eigenvalue weighted by molar-refractivity contribution is -0.128. The van der Waals surface area contributed by atoms with E-state index in [2.05, 4.69) is 60.7 Å². The van der Waals surface area contributed by atoms with E-state index >= 15 is 0 Å². The second-order valence-electron chi connectivity index (χ2n) is 6.74. The van der Waals surface area contributed by atoms with Crippen LogP contribution in [0.25, 0.3) is 0 Å². The predicted octanol–water partition coefficient (Wildman–Crippen LogP) is 2.59. The largest absolute Gasteiger partial charge is 0.356 e. The molecule has 1 rings (SSSR count). The number of aliphatic imine (C=N–C) groups is 1. The highest BCUT2D eigenvalue weighted by atomic mass is 16.2. The van der Waals surface area contributed by atoms with Gasteiger partial charge < -0.3 is 15.5 Å². The molecule has 0 heterocycles. The SMILES string of the molecule is CN=C(NCCC(=O)N(C)C)NC(C)c1ccc(CC(C)C)cc1. The van der Waals surface area contributed by atoms with Gasteiger partial charge in [-0.25, -0.2) is 0 Å². The molecular formula is C19H32N4O. The number of nitrogens with one attached hydrogen (secondary N) is 2. The van der Waals surface area contributed by atoms with Gasteiger partial charge in [-0.2, -0.15) is 0 Å². The molecule has 2 N–H and O–H groups in total. The van der Waals surface area contributed by atoms with Crippen LogP contribution < -0.4 is 10.6 Å². The van der Waals surface area contributed by atoms with Crippen LogP contribution in [0.2, 0.25) is 0 Å². The van der Waals surface area contributed by atoms with E-state index in [1.807, 2.05) is 0 Å². The van der Waals surface area contributed by atoms with Crippen LogP contribution in [-0.4, -0.2) is 44.5 Å². The maximum atomic E-state index is 11.6. The molecule has 0 aliphatic heterocycles. The number of amides is 1. The van der Waals surface area contributed by atoms with Crippen LogP contribution in [0.5, 0.6) is 0 Å². The molecule has 1 unspecified atom stereocenters. The molecule has 5 heteroatoms. The molecule has 1 amide bonds. The molecule has 134 valence electrons. The lowest BCUT2D eigenvalue weighted by Gasteiger charge is -2.19. The van der Waals surface area contributed by atoms with Gasteiger partial charge in [0.25, 0.3) is 0 Å². The number of rotatable bonds is 7. The van der Waals surface area contributed by atoms with E-state index in [-0.39, 0.29) is 11.9 Å². The number of nitrogens with zero attached hydrogens (tertiary/aromatic N) is 2. The van der Waals surface area contributed by atoms with E-state index in [0.29, 0.717) is 24.8 Å². The Bertz CT molecular complexity index is 535. The van der Waals surface area contributed by atoms with Crippen LogP contribution in [0.4, 0.5) is 0 Å². The fraction of sp³-hybridized carbons (Fsp3) is 0.579. The van der Waals surface area contributed by atoms with E-state index in [1.54, 1.807) is 26.0 Å². The number of benzene rings is 1. The molecule has 0 aromatic heterocycles. The first-order chi connectivity index (χ1) is 11.3. The zero-order valence-corrected chi connectivity index (χ0v) is 15.9. The summed E-state index contributed by atoms with van der Waals surface area (Å²) in [4.78, 5) is 17.4. The minimum Gasteiger partial charge on any atom is -0.356 e. The van der Waals surface area contributed by atoms with Gasteiger partial charge in [-0.1, -0.05) is 38.1 Å². The van der Waals surface area contributed by atoms with Crippen molar-refractivity contribution in [2.75, 3.05) is 27.7 Å². The number of hydrogen-bond acceptors (Lipinski definition) is 2. The summed E-state index contributed by atoms with van der Waals surface area (Å²) < 4.78 is 0. The molecule has 0 radical (unpaired) electrons. The average Bonchev–Trinajstić information content (AvgIpc) is 2.53. The molecule has 0 spiro atoms. The number of guanidine groups is 1. The van der Waals surface area contributed by atoms with E-state index in [0.717, 1.165) is 6.42 Å². The molecule has 1 aromatic rings. The van der Waals surface area contributed by atoms with Gasteiger partial charge in [-0.05, 0) is 30.4 Å². The van der Waals surface area contributed by atoms with Gasteiger partial charge in [-0.3, -0.25) is 9.79 Å². The molecular weight excluding hydrogens is 300 g/mol. The molecule has 0 saturated carbocycles. The van der Waals surface area contributed by atoms with Crippen molar-refractivity contribution in [3.63, 3.8) is 0 Å².